The fourth-order valence-corrected chi connectivity index (χ4v) is 4.95. The second-order valence-electron chi connectivity index (χ2n) is 9.39. The lowest BCUT2D eigenvalue weighted by Crippen LogP contribution is -2.13. The molecule has 168 valence electrons. The normalized spacial score (nSPS) is 25.4. The summed E-state index contributed by atoms with van der Waals surface area (Å²) < 4.78 is 11.4. The minimum atomic E-state index is 0.235. The van der Waals surface area contributed by atoms with Crippen LogP contribution in [0.3, 0.4) is 0 Å². The second kappa shape index (κ2) is 11.1. The highest BCUT2D eigenvalue weighted by Gasteiger charge is 2.38. The first kappa shape index (κ1) is 22.3. The highest BCUT2D eigenvalue weighted by Crippen LogP contribution is 2.38. The van der Waals surface area contributed by atoms with Gasteiger partial charge in [-0.05, 0) is 49.5 Å². The van der Waals surface area contributed by atoms with E-state index >= 15 is 0 Å². The van der Waals surface area contributed by atoms with Gasteiger partial charge in [0.25, 0.3) is 0 Å². The summed E-state index contributed by atoms with van der Waals surface area (Å²) in [4.78, 5) is 9.03. The molecule has 1 aromatic carbocycles. The number of rotatable bonds is 11. The second-order valence-corrected chi connectivity index (χ2v) is 9.39. The van der Waals surface area contributed by atoms with E-state index in [-0.39, 0.29) is 6.10 Å². The molecule has 0 amide bonds. The molecule has 0 spiro atoms. The Kier molecular flexibility index (Phi) is 7.96. The highest BCUT2D eigenvalue weighted by atomic mass is 16.6. The molecule has 1 saturated heterocycles. The van der Waals surface area contributed by atoms with Crippen molar-refractivity contribution >= 4 is 0 Å². The number of ether oxygens (including phenoxy) is 2. The molecule has 2 atom stereocenters. The van der Waals surface area contributed by atoms with Crippen molar-refractivity contribution in [2.45, 2.75) is 96.2 Å². The minimum Gasteiger partial charge on any atom is -0.488 e. The molecule has 0 radical (unpaired) electrons. The quantitative estimate of drug-likeness (QED) is 0.290. The van der Waals surface area contributed by atoms with Crippen molar-refractivity contribution in [3.05, 3.63) is 42.2 Å². The van der Waals surface area contributed by atoms with Crippen molar-refractivity contribution in [3.63, 3.8) is 0 Å². The van der Waals surface area contributed by atoms with E-state index in [1.807, 2.05) is 0 Å². The summed E-state index contributed by atoms with van der Waals surface area (Å²) in [7, 11) is 0. The van der Waals surface area contributed by atoms with Crippen molar-refractivity contribution < 1.29 is 9.47 Å². The van der Waals surface area contributed by atoms with E-state index < -0.39 is 0 Å². The fourth-order valence-electron chi connectivity index (χ4n) is 4.95. The predicted molar refractivity (Wildman–Crippen MR) is 125 cm³/mol. The summed E-state index contributed by atoms with van der Waals surface area (Å²) in [5.41, 5.74) is 2.54. The van der Waals surface area contributed by atoms with Crippen LogP contribution in [0.4, 0.5) is 0 Å². The van der Waals surface area contributed by atoms with Crippen LogP contribution in [0.2, 0.25) is 0 Å². The Hall–Kier alpha value is -1.94. The summed E-state index contributed by atoms with van der Waals surface area (Å²) in [6.45, 7) is 5.06. The molecular weight excluding hydrogens is 384 g/mol. The van der Waals surface area contributed by atoms with Gasteiger partial charge in [-0.2, -0.15) is 0 Å². The van der Waals surface area contributed by atoms with E-state index in [9.17, 15) is 0 Å². The van der Waals surface area contributed by atoms with Crippen molar-refractivity contribution in [1.29, 1.82) is 0 Å². The maximum atomic E-state index is 5.79. The lowest BCUT2D eigenvalue weighted by Gasteiger charge is -2.29. The molecule has 2 aromatic rings. The van der Waals surface area contributed by atoms with Crippen LogP contribution in [0.5, 0.6) is 5.75 Å². The standard InChI is InChI=1S/C27H38N2O2/c1-3-5-6-8-20-9-11-21(12-10-20)22-13-15-23(16-14-22)27-28-17-24(18-29-27)30-19-26-25(31-26)7-4-2/h13-18,20-21,25-26H,3-12,19H2,1-2H3/t20?,21?,25-,26-/m0/s1. The van der Waals surface area contributed by atoms with Gasteiger partial charge in [0.2, 0.25) is 0 Å². The smallest absolute Gasteiger partial charge is 0.159 e. The summed E-state index contributed by atoms with van der Waals surface area (Å²) in [6, 6.07) is 8.91. The van der Waals surface area contributed by atoms with E-state index in [1.165, 1.54) is 56.9 Å². The molecule has 0 N–H and O–H groups in total. The van der Waals surface area contributed by atoms with Gasteiger partial charge in [0.05, 0.1) is 18.5 Å². The van der Waals surface area contributed by atoms with Gasteiger partial charge in [0.15, 0.2) is 11.6 Å². The molecule has 4 nitrogen and oxygen atoms in total. The number of hydrogen-bond donors (Lipinski definition) is 0. The Morgan fingerprint density at radius 3 is 2.29 bits per heavy atom. The Labute approximate surface area is 187 Å². The van der Waals surface area contributed by atoms with Crippen molar-refractivity contribution in [2.75, 3.05) is 6.61 Å². The maximum absolute atomic E-state index is 5.79. The first-order chi connectivity index (χ1) is 15.3. The third kappa shape index (κ3) is 6.29. The van der Waals surface area contributed by atoms with Crippen LogP contribution < -0.4 is 4.74 Å². The average Bonchev–Trinajstić information content (AvgIpc) is 3.57. The number of aromatic nitrogens is 2. The molecule has 31 heavy (non-hydrogen) atoms. The molecule has 1 saturated carbocycles. The van der Waals surface area contributed by atoms with Crippen LogP contribution in [-0.2, 0) is 4.74 Å². The summed E-state index contributed by atoms with van der Waals surface area (Å²) in [5, 5.41) is 0. The molecule has 2 heterocycles. The van der Waals surface area contributed by atoms with Crippen LogP contribution >= 0.6 is 0 Å². The molecule has 0 bridgehead atoms. The zero-order chi connectivity index (χ0) is 21.5. The van der Waals surface area contributed by atoms with E-state index in [0.717, 1.165) is 30.1 Å². The van der Waals surface area contributed by atoms with Gasteiger partial charge in [-0.3, -0.25) is 0 Å². The van der Waals surface area contributed by atoms with E-state index in [0.29, 0.717) is 24.4 Å². The third-order valence-electron chi connectivity index (χ3n) is 7.01. The van der Waals surface area contributed by atoms with Gasteiger partial charge >= 0.3 is 0 Å². The van der Waals surface area contributed by atoms with Crippen molar-refractivity contribution in [2.24, 2.45) is 5.92 Å². The number of hydrogen-bond acceptors (Lipinski definition) is 4. The first-order valence-corrected chi connectivity index (χ1v) is 12.5. The number of benzene rings is 1. The number of unbranched alkanes of at least 4 members (excludes halogenated alkanes) is 2. The zero-order valence-electron chi connectivity index (χ0n) is 19.3. The van der Waals surface area contributed by atoms with Crippen LogP contribution in [0, 0.1) is 5.92 Å². The summed E-state index contributed by atoms with van der Waals surface area (Å²) in [6.07, 6.45) is 17.4. The van der Waals surface area contributed by atoms with Gasteiger partial charge in [-0.25, -0.2) is 9.97 Å². The molecule has 2 aliphatic rings. The van der Waals surface area contributed by atoms with Gasteiger partial charge < -0.3 is 9.47 Å². The Morgan fingerprint density at radius 1 is 0.871 bits per heavy atom. The van der Waals surface area contributed by atoms with Crippen LogP contribution in [0.1, 0.15) is 89.5 Å². The third-order valence-corrected chi connectivity index (χ3v) is 7.01. The topological polar surface area (TPSA) is 47.5 Å². The fraction of sp³-hybridized carbons (Fsp3) is 0.630. The molecule has 4 rings (SSSR count). The minimum absolute atomic E-state index is 0.235. The predicted octanol–water partition coefficient (Wildman–Crippen LogP) is 6.94. The molecule has 1 aliphatic heterocycles. The largest absolute Gasteiger partial charge is 0.488 e. The molecule has 0 unspecified atom stereocenters. The van der Waals surface area contributed by atoms with Crippen molar-refractivity contribution in [3.8, 4) is 17.1 Å². The number of epoxide rings is 1. The molecular formula is C27H38N2O2. The zero-order valence-corrected chi connectivity index (χ0v) is 19.3. The molecule has 4 heteroatoms. The maximum Gasteiger partial charge on any atom is 0.159 e. The van der Waals surface area contributed by atoms with Crippen LogP contribution in [0.15, 0.2) is 36.7 Å². The van der Waals surface area contributed by atoms with Crippen LogP contribution in [-0.4, -0.2) is 28.8 Å². The Balaban J connectivity index is 1.24. The van der Waals surface area contributed by atoms with Crippen molar-refractivity contribution in [1.82, 2.24) is 9.97 Å². The Morgan fingerprint density at radius 2 is 1.61 bits per heavy atom. The van der Waals surface area contributed by atoms with Gasteiger partial charge in [-0.1, -0.05) is 70.2 Å². The van der Waals surface area contributed by atoms with E-state index in [1.54, 1.807) is 12.4 Å². The number of nitrogens with zero attached hydrogens (tertiary/aromatic N) is 2. The average molecular weight is 423 g/mol. The lowest BCUT2D eigenvalue weighted by atomic mass is 9.77. The van der Waals surface area contributed by atoms with Gasteiger partial charge in [0.1, 0.15) is 12.7 Å². The Bertz CT molecular complexity index is 782. The van der Waals surface area contributed by atoms with E-state index in [2.05, 4.69) is 48.1 Å². The SMILES string of the molecule is CCCCCC1CCC(c2ccc(-c3ncc(OC[C@@H]4O[C@H]4CCC)cn3)cc2)CC1. The summed E-state index contributed by atoms with van der Waals surface area (Å²) >= 11 is 0. The lowest BCUT2D eigenvalue weighted by molar-refractivity contribution is 0.258. The molecule has 1 aliphatic carbocycles. The molecule has 2 fully saturated rings. The summed E-state index contributed by atoms with van der Waals surface area (Å²) in [5.74, 6) is 3.14. The van der Waals surface area contributed by atoms with Gasteiger partial charge in [-0.15, -0.1) is 0 Å². The monoisotopic (exact) mass is 422 g/mol. The van der Waals surface area contributed by atoms with E-state index in [4.69, 9.17) is 9.47 Å². The first-order valence-electron chi connectivity index (χ1n) is 12.5. The van der Waals surface area contributed by atoms with Crippen LogP contribution in [0.25, 0.3) is 11.4 Å². The van der Waals surface area contributed by atoms with Gasteiger partial charge in [0, 0.05) is 5.56 Å². The highest BCUT2D eigenvalue weighted by molar-refractivity contribution is 5.55. The molecule has 1 aromatic heterocycles.